The molecular formula is C20H22N4O2S. The Hall–Kier alpha value is -2.80. The highest BCUT2D eigenvalue weighted by molar-refractivity contribution is 7.18. The third-order valence-electron chi connectivity index (χ3n) is 4.45. The van der Waals surface area contributed by atoms with Gasteiger partial charge in [-0.1, -0.05) is 36.8 Å². The largest absolute Gasteiger partial charge is 0.309 e. The average molecular weight is 382 g/mol. The van der Waals surface area contributed by atoms with Gasteiger partial charge in [-0.15, -0.1) is 11.3 Å². The second kappa shape index (κ2) is 7.84. The van der Waals surface area contributed by atoms with E-state index in [9.17, 15) is 9.59 Å². The number of amides is 1. The minimum absolute atomic E-state index is 0.0322. The highest BCUT2D eigenvalue weighted by atomic mass is 32.1. The quantitative estimate of drug-likeness (QED) is 0.524. The number of nitrogens with zero attached hydrogens (tertiary/aromatic N) is 2. The SMILES string of the molecule is CC/C(=N/NC(=O)Cc1nc2sc(C)c(C)c2c(=O)[nH]1)c1ccc(C)cc1. The second-order valence-electron chi connectivity index (χ2n) is 6.47. The van der Waals surface area contributed by atoms with Gasteiger partial charge in [0, 0.05) is 4.88 Å². The van der Waals surface area contributed by atoms with E-state index in [1.807, 2.05) is 52.0 Å². The van der Waals surface area contributed by atoms with Crippen LogP contribution in [0.4, 0.5) is 0 Å². The first-order valence-corrected chi connectivity index (χ1v) is 9.62. The fourth-order valence-corrected chi connectivity index (χ4v) is 3.85. The molecule has 0 atom stereocenters. The third kappa shape index (κ3) is 4.14. The number of aromatic amines is 1. The summed E-state index contributed by atoms with van der Waals surface area (Å²) in [5.41, 5.74) is 6.24. The number of aromatic nitrogens is 2. The number of aryl methyl sites for hydroxylation is 3. The summed E-state index contributed by atoms with van der Waals surface area (Å²) in [6, 6.07) is 7.99. The van der Waals surface area contributed by atoms with Crippen LogP contribution in [0.1, 0.15) is 40.7 Å². The molecule has 2 N–H and O–H groups in total. The summed E-state index contributed by atoms with van der Waals surface area (Å²) in [5, 5.41) is 4.85. The zero-order valence-electron chi connectivity index (χ0n) is 15.8. The number of carbonyl (C=O) groups excluding carboxylic acids is 1. The molecule has 0 fully saturated rings. The van der Waals surface area contributed by atoms with Crippen LogP contribution >= 0.6 is 11.3 Å². The predicted molar refractivity (Wildman–Crippen MR) is 110 cm³/mol. The average Bonchev–Trinajstić information content (AvgIpc) is 2.91. The lowest BCUT2D eigenvalue weighted by atomic mass is 10.1. The van der Waals surface area contributed by atoms with Gasteiger partial charge in [-0.2, -0.15) is 5.10 Å². The van der Waals surface area contributed by atoms with Crippen molar-refractivity contribution in [2.24, 2.45) is 5.10 Å². The van der Waals surface area contributed by atoms with Crippen LogP contribution in [-0.2, 0) is 11.2 Å². The molecule has 2 aromatic heterocycles. The molecule has 3 aromatic rings. The topological polar surface area (TPSA) is 87.2 Å². The molecule has 27 heavy (non-hydrogen) atoms. The molecule has 6 nitrogen and oxygen atoms in total. The third-order valence-corrected chi connectivity index (χ3v) is 5.55. The predicted octanol–water partition coefficient (Wildman–Crippen LogP) is 3.38. The lowest BCUT2D eigenvalue weighted by Crippen LogP contribution is -2.24. The van der Waals surface area contributed by atoms with Crippen molar-refractivity contribution in [3.8, 4) is 0 Å². The molecule has 2 heterocycles. The highest BCUT2D eigenvalue weighted by Crippen LogP contribution is 2.25. The first kappa shape index (κ1) is 19.0. The first-order valence-electron chi connectivity index (χ1n) is 8.80. The van der Waals surface area contributed by atoms with Gasteiger partial charge in [0.05, 0.1) is 17.5 Å². The Balaban J connectivity index is 1.76. The van der Waals surface area contributed by atoms with E-state index < -0.39 is 0 Å². The van der Waals surface area contributed by atoms with Crippen LogP contribution in [0.3, 0.4) is 0 Å². The maximum atomic E-state index is 12.3. The number of hydrogen-bond acceptors (Lipinski definition) is 5. The van der Waals surface area contributed by atoms with Crippen molar-refractivity contribution < 1.29 is 4.79 Å². The number of thiophene rings is 1. The lowest BCUT2D eigenvalue weighted by molar-refractivity contribution is -0.120. The number of benzene rings is 1. The maximum absolute atomic E-state index is 12.3. The van der Waals surface area contributed by atoms with E-state index in [1.165, 1.54) is 16.9 Å². The van der Waals surface area contributed by atoms with Crippen LogP contribution in [-0.4, -0.2) is 21.6 Å². The molecule has 1 amide bonds. The van der Waals surface area contributed by atoms with Gasteiger partial charge in [-0.3, -0.25) is 9.59 Å². The van der Waals surface area contributed by atoms with Crippen molar-refractivity contribution in [2.45, 2.75) is 40.5 Å². The summed E-state index contributed by atoms with van der Waals surface area (Å²) in [7, 11) is 0. The molecule has 0 spiro atoms. The molecule has 0 saturated carbocycles. The van der Waals surface area contributed by atoms with Crippen molar-refractivity contribution in [1.29, 1.82) is 0 Å². The van der Waals surface area contributed by atoms with Crippen LogP contribution in [0.25, 0.3) is 10.2 Å². The minimum atomic E-state index is -0.319. The Morgan fingerprint density at radius 2 is 1.93 bits per heavy atom. The number of carbonyl (C=O) groups is 1. The van der Waals surface area contributed by atoms with Crippen molar-refractivity contribution in [3.05, 3.63) is 62.0 Å². The summed E-state index contributed by atoms with van der Waals surface area (Å²) in [5.74, 6) is 0.0235. The van der Waals surface area contributed by atoms with Crippen LogP contribution in [0.5, 0.6) is 0 Å². The van der Waals surface area contributed by atoms with E-state index in [0.717, 1.165) is 21.7 Å². The van der Waals surface area contributed by atoms with E-state index in [1.54, 1.807) is 0 Å². The lowest BCUT2D eigenvalue weighted by Gasteiger charge is -2.06. The molecule has 0 aliphatic heterocycles. The van der Waals surface area contributed by atoms with E-state index in [0.29, 0.717) is 22.5 Å². The number of hydrazone groups is 1. The zero-order valence-corrected chi connectivity index (χ0v) is 16.7. The Morgan fingerprint density at radius 3 is 2.59 bits per heavy atom. The smallest absolute Gasteiger partial charge is 0.259 e. The van der Waals surface area contributed by atoms with Gasteiger partial charge in [-0.25, -0.2) is 10.4 Å². The molecule has 140 valence electrons. The Kier molecular flexibility index (Phi) is 5.51. The second-order valence-corrected chi connectivity index (χ2v) is 7.67. The first-order chi connectivity index (χ1) is 12.9. The Labute approximate surface area is 161 Å². The standard InChI is InChI=1S/C20H22N4O2S/c1-5-15(14-8-6-11(2)7-9-14)23-24-17(25)10-16-21-19(26)18-12(3)13(4)27-20(18)22-16/h6-9H,5,10H2,1-4H3,(H,24,25)(H,21,22,26)/b23-15-. The Bertz CT molecular complexity index is 1080. The number of rotatable bonds is 5. The van der Waals surface area contributed by atoms with Crippen LogP contribution in [0, 0.1) is 20.8 Å². The van der Waals surface area contributed by atoms with Gasteiger partial charge >= 0.3 is 0 Å². The molecule has 0 saturated heterocycles. The molecule has 0 aliphatic rings. The highest BCUT2D eigenvalue weighted by Gasteiger charge is 2.13. The van der Waals surface area contributed by atoms with Crippen molar-refractivity contribution >= 4 is 33.2 Å². The fourth-order valence-electron chi connectivity index (χ4n) is 2.80. The van der Waals surface area contributed by atoms with Crippen LogP contribution in [0.15, 0.2) is 34.2 Å². The van der Waals surface area contributed by atoms with Crippen LogP contribution < -0.4 is 11.0 Å². The summed E-state index contributed by atoms with van der Waals surface area (Å²) in [6.45, 7) is 7.87. The minimum Gasteiger partial charge on any atom is -0.309 e. The van der Waals surface area contributed by atoms with Crippen LogP contribution in [0.2, 0.25) is 0 Å². The fraction of sp³-hybridized carbons (Fsp3) is 0.300. The van der Waals surface area contributed by atoms with Gasteiger partial charge in [0.25, 0.3) is 5.56 Å². The monoisotopic (exact) mass is 382 g/mol. The maximum Gasteiger partial charge on any atom is 0.259 e. The summed E-state index contributed by atoms with van der Waals surface area (Å²) in [4.78, 5) is 33.4. The molecule has 3 rings (SSSR count). The van der Waals surface area contributed by atoms with Gasteiger partial charge < -0.3 is 4.98 Å². The van der Waals surface area contributed by atoms with Gasteiger partial charge in [0.15, 0.2) is 0 Å². The number of fused-ring (bicyclic) bond motifs is 1. The molecule has 0 aliphatic carbocycles. The molecule has 7 heteroatoms. The van der Waals surface area contributed by atoms with E-state index in [4.69, 9.17) is 0 Å². The van der Waals surface area contributed by atoms with Gasteiger partial charge in [0.1, 0.15) is 10.7 Å². The van der Waals surface area contributed by atoms with E-state index >= 15 is 0 Å². The number of H-pyrrole nitrogens is 1. The molecule has 0 unspecified atom stereocenters. The van der Waals surface area contributed by atoms with E-state index in [-0.39, 0.29) is 17.9 Å². The van der Waals surface area contributed by atoms with Crippen molar-refractivity contribution in [1.82, 2.24) is 15.4 Å². The molecule has 0 bridgehead atoms. The summed E-state index contributed by atoms with van der Waals surface area (Å²) >= 11 is 1.46. The molecular weight excluding hydrogens is 360 g/mol. The van der Waals surface area contributed by atoms with E-state index in [2.05, 4.69) is 20.5 Å². The normalized spacial score (nSPS) is 11.8. The zero-order chi connectivity index (χ0) is 19.6. The number of nitrogens with one attached hydrogen (secondary N) is 2. The molecule has 1 aromatic carbocycles. The molecule has 0 radical (unpaired) electrons. The van der Waals surface area contributed by atoms with Crippen molar-refractivity contribution in [2.75, 3.05) is 0 Å². The van der Waals surface area contributed by atoms with Gasteiger partial charge in [0.2, 0.25) is 5.91 Å². The Morgan fingerprint density at radius 1 is 1.22 bits per heavy atom. The van der Waals surface area contributed by atoms with Crippen molar-refractivity contribution in [3.63, 3.8) is 0 Å². The number of hydrogen-bond donors (Lipinski definition) is 2. The summed E-state index contributed by atoms with van der Waals surface area (Å²) < 4.78 is 0. The van der Waals surface area contributed by atoms with Gasteiger partial charge in [-0.05, 0) is 38.3 Å². The summed E-state index contributed by atoms with van der Waals surface area (Å²) in [6.07, 6.45) is 0.660.